The first kappa shape index (κ1) is 17.0. The van der Waals surface area contributed by atoms with Crippen molar-refractivity contribution in [2.24, 2.45) is 5.92 Å². The molecule has 1 aromatic carbocycles. The Hall–Kier alpha value is -1.79. The fourth-order valence-electron chi connectivity index (χ4n) is 3.24. The van der Waals surface area contributed by atoms with Crippen molar-refractivity contribution in [3.63, 3.8) is 0 Å². The Morgan fingerprint density at radius 1 is 1.38 bits per heavy atom. The van der Waals surface area contributed by atoms with Crippen LogP contribution in [0.25, 0.3) is 0 Å². The number of carbonyl (C=O) groups is 1. The summed E-state index contributed by atoms with van der Waals surface area (Å²) in [6.07, 6.45) is 2.71. The Morgan fingerprint density at radius 2 is 2.17 bits per heavy atom. The zero-order valence-electron chi connectivity index (χ0n) is 14.2. The van der Waals surface area contributed by atoms with Gasteiger partial charge in [-0.15, -0.1) is 10.2 Å². The van der Waals surface area contributed by atoms with E-state index < -0.39 is 0 Å². The molecule has 1 aromatic heterocycles. The molecule has 1 aliphatic heterocycles. The number of nitrogens with one attached hydrogen (secondary N) is 2. The third-order valence-electron chi connectivity index (χ3n) is 4.57. The van der Waals surface area contributed by atoms with Crippen LogP contribution in [-0.4, -0.2) is 28.7 Å². The number of hydrogen-bond acceptors (Lipinski definition) is 5. The monoisotopic (exact) mass is 344 g/mol. The van der Waals surface area contributed by atoms with Crippen LogP contribution in [0.5, 0.6) is 0 Å². The Morgan fingerprint density at radius 3 is 2.88 bits per heavy atom. The number of nitrogens with zero attached hydrogens (tertiary/aromatic N) is 2. The summed E-state index contributed by atoms with van der Waals surface area (Å²) in [6, 6.07) is 10.7. The molecule has 1 amide bonds. The van der Waals surface area contributed by atoms with Crippen molar-refractivity contribution < 1.29 is 4.79 Å². The highest BCUT2D eigenvalue weighted by molar-refractivity contribution is 7.15. The summed E-state index contributed by atoms with van der Waals surface area (Å²) < 4.78 is 0. The van der Waals surface area contributed by atoms with Crippen LogP contribution in [0.2, 0.25) is 0 Å². The second-order valence-corrected chi connectivity index (χ2v) is 7.39. The summed E-state index contributed by atoms with van der Waals surface area (Å²) >= 11 is 1.48. The highest BCUT2D eigenvalue weighted by Crippen LogP contribution is 2.31. The van der Waals surface area contributed by atoms with Gasteiger partial charge in [0.05, 0.1) is 0 Å². The first-order valence-corrected chi connectivity index (χ1v) is 9.41. The lowest BCUT2D eigenvalue weighted by atomic mass is 9.93. The highest BCUT2D eigenvalue weighted by atomic mass is 32.1. The molecule has 0 aliphatic carbocycles. The minimum absolute atomic E-state index is 0.0599. The molecule has 1 aliphatic rings. The minimum Gasteiger partial charge on any atom is -0.314 e. The largest absolute Gasteiger partial charge is 0.314 e. The van der Waals surface area contributed by atoms with Gasteiger partial charge in [0.15, 0.2) is 0 Å². The van der Waals surface area contributed by atoms with Crippen molar-refractivity contribution in [1.29, 1.82) is 0 Å². The number of benzene rings is 1. The van der Waals surface area contributed by atoms with E-state index in [2.05, 4.69) is 46.8 Å². The average molecular weight is 344 g/mol. The van der Waals surface area contributed by atoms with E-state index in [1.807, 2.05) is 18.2 Å². The van der Waals surface area contributed by atoms with Crippen molar-refractivity contribution in [3.8, 4) is 0 Å². The van der Waals surface area contributed by atoms with Crippen molar-refractivity contribution in [2.45, 2.75) is 45.1 Å². The van der Waals surface area contributed by atoms with Gasteiger partial charge in [0.1, 0.15) is 5.01 Å². The van der Waals surface area contributed by atoms with Gasteiger partial charge < -0.3 is 10.6 Å². The summed E-state index contributed by atoms with van der Waals surface area (Å²) in [5.74, 6) is 0.358. The Balaban J connectivity index is 1.67. The van der Waals surface area contributed by atoms with Gasteiger partial charge in [-0.3, -0.25) is 4.79 Å². The molecule has 0 saturated carbocycles. The van der Waals surface area contributed by atoms with Gasteiger partial charge in [-0.25, -0.2) is 0 Å². The molecular weight excluding hydrogens is 320 g/mol. The second-order valence-electron chi connectivity index (χ2n) is 6.38. The summed E-state index contributed by atoms with van der Waals surface area (Å²) in [5.41, 5.74) is 1.24. The van der Waals surface area contributed by atoms with Crippen molar-refractivity contribution in [3.05, 3.63) is 40.9 Å². The number of piperidine rings is 1. The smallest absolute Gasteiger partial charge is 0.229 e. The maximum Gasteiger partial charge on any atom is 0.229 e. The molecule has 2 heterocycles. The third-order valence-corrected chi connectivity index (χ3v) is 5.53. The zero-order chi connectivity index (χ0) is 16.9. The molecule has 3 rings (SSSR count). The van der Waals surface area contributed by atoms with Gasteiger partial charge in [-0.2, -0.15) is 0 Å². The van der Waals surface area contributed by atoms with E-state index in [1.54, 1.807) is 0 Å². The number of carbonyl (C=O) groups excluding carboxylic acids is 1. The van der Waals surface area contributed by atoms with E-state index in [-0.39, 0.29) is 17.7 Å². The first-order valence-electron chi connectivity index (χ1n) is 8.60. The predicted molar refractivity (Wildman–Crippen MR) is 97.3 cm³/mol. The first-order chi connectivity index (χ1) is 11.7. The minimum atomic E-state index is 0.0599. The van der Waals surface area contributed by atoms with Gasteiger partial charge in [0.2, 0.25) is 11.0 Å². The fourth-order valence-corrected chi connectivity index (χ4v) is 4.20. The number of anilines is 1. The number of amides is 1. The quantitative estimate of drug-likeness (QED) is 0.872. The SMILES string of the molecule is CCC(c1ccccc1)c1nnc(NC(=O)[C@H]2CCN[C@@H](C)C2)s1. The van der Waals surface area contributed by atoms with E-state index in [1.165, 1.54) is 16.9 Å². The van der Waals surface area contributed by atoms with Gasteiger partial charge >= 0.3 is 0 Å². The third kappa shape index (κ3) is 3.99. The summed E-state index contributed by atoms with van der Waals surface area (Å²) in [4.78, 5) is 12.4. The summed E-state index contributed by atoms with van der Waals surface area (Å²) in [5, 5.41) is 16.4. The normalized spacial score (nSPS) is 22.1. The predicted octanol–water partition coefficient (Wildman–Crippen LogP) is 3.41. The Labute approximate surface area is 146 Å². The van der Waals surface area contributed by atoms with Crippen LogP contribution in [0, 0.1) is 5.92 Å². The molecule has 0 radical (unpaired) electrons. The number of rotatable bonds is 5. The highest BCUT2D eigenvalue weighted by Gasteiger charge is 2.26. The van der Waals surface area contributed by atoms with E-state index >= 15 is 0 Å². The van der Waals surface area contributed by atoms with Gasteiger partial charge in [-0.05, 0) is 38.3 Å². The van der Waals surface area contributed by atoms with Gasteiger partial charge in [0.25, 0.3) is 0 Å². The molecule has 3 atom stereocenters. The average Bonchev–Trinajstić information content (AvgIpc) is 3.04. The lowest BCUT2D eigenvalue weighted by Gasteiger charge is -2.26. The molecule has 0 spiro atoms. The van der Waals surface area contributed by atoms with Crippen LogP contribution in [0.3, 0.4) is 0 Å². The molecular formula is C18H24N4OS. The Kier molecular flexibility index (Phi) is 5.58. The van der Waals surface area contributed by atoms with Crippen LogP contribution in [-0.2, 0) is 4.79 Å². The van der Waals surface area contributed by atoms with Crippen LogP contribution in [0.4, 0.5) is 5.13 Å². The van der Waals surface area contributed by atoms with E-state index in [9.17, 15) is 4.79 Å². The van der Waals surface area contributed by atoms with Crippen LogP contribution in [0.1, 0.15) is 49.6 Å². The molecule has 0 bridgehead atoms. The van der Waals surface area contributed by atoms with Crippen LogP contribution >= 0.6 is 11.3 Å². The zero-order valence-corrected chi connectivity index (χ0v) is 15.0. The van der Waals surface area contributed by atoms with Crippen LogP contribution in [0.15, 0.2) is 30.3 Å². The molecule has 1 saturated heterocycles. The van der Waals surface area contributed by atoms with Crippen molar-refractivity contribution in [2.75, 3.05) is 11.9 Å². The molecule has 24 heavy (non-hydrogen) atoms. The Bertz CT molecular complexity index is 673. The van der Waals surface area contributed by atoms with Gasteiger partial charge in [0, 0.05) is 17.9 Å². The lowest BCUT2D eigenvalue weighted by molar-refractivity contribution is -0.120. The lowest BCUT2D eigenvalue weighted by Crippen LogP contribution is -2.40. The number of aromatic nitrogens is 2. The molecule has 1 unspecified atom stereocenters. The van der Waals surface area contributed by atoms with Crippen molar-refractivity contribution in [1.82, 2.24) is 15.5 Å². The van der Waals surface area contributed by atoms with Gasteiger partial charge in [-0.1, -0.05) is 48.6 Å². The maximum absolute atomic E-state index is 12.4. The maximum atomic E-state index is 12.4. The molecule has 2 aromatic rings. The van der Waals surface area contributed by atoms with E-state index in [0.29, 0.717) is 11.2 Å². The summed E-state index contributed by atoms with van der Waals surface area (Å²) in [7, 11) is 0. The molecule has 128 valence electrons. The molecule has 6 heteroatoms. The van der Waals surface area contributed by atoms with E-state index in [0.717, 1.165) is 30.8 Å². The molecule has 1 fully saturated rings. The number of hydrogen-bond donors (Lipinski definition) is 2. The fraction of sp³-hybridized carbons (Fsp3) is 0.500. The summed E-state index contributed by atoms with van der Waals surface area (Å²) in [6.45, 7) is 5.16. The standard InChI is InChI=1S/C18H24N4OS/c1-3-15(13-7-5-4-6-8-13)17-21-22-18(24-17)20-16(23)14-9-10-19-12(2)11-14/h4-8,12,14-15,19H,3,9-11H2,1-2H3,(H,20,22,23)/t12-,14-,15?/m0/s1. The van der Waals surface area contributed by atoms with E-state index in [4.69, 9.17) is 0 Å². The van der Waals surface area contributed by atoms with Crippen molar-refractivity contribution >= 4 is 22.4 Å². The molecule has 2 N–H and O–H groups in total. The van der Waals surface area contributed by atoms with Crippen LogP contribution < -0.4 is 10.6 Å². The topological polar surface area (TPSA) is 66.9 Å². The second kappa shape index (κ2) is 7.85. The molecule has 5 nitrogen and oxygen atoms in total.